The lowest BCUT2D eigenvalue weighted by molar-refractivity contribution is -0.145. The van der Waals surface area contributed by atoms with Crippen molar-refractivity contribution >= 4 is 11.9 Å². The summed E-state index contributed by atoms with van der Waals surface area (Å²) in [5, 5.41) is 9.15. The number of cyclic esters (lactones) is 1. The number of hydrogen-bond donors (Lipinski definition) is 1. The Balaban J connectivity index is 2.36. The normalized spacial score (nSPS) is 14.4. The highest BCUT2D eigenvalue weighted by Crippen LogP contribution is 2.43. The Morgan fingerprint density at radius 2 is 1.78 bits per heavy atom. The molecule has 200 valence electrons. The lowest BCUT2D eigenvalue weighted by Gasteiger charge is -2.20. The number of allylic oxidation sites excluding steroid dienone is 3. The molecule has 0 amide bonds. The fourth-order valence-electron chi connectivity index (χ4n) is 4.25. The van der Waals surface area contributed by atoms with Crippen LogP contribution in [0.5, 0.6) is 11.5 Å². The van der Waals surface area contributed by atoms with Crippen LogP contribution >= 0.6 is 0 Å². The van der Waals surface area contributed by atoms with Crippen molar-refractivity contribution in [1.82, 2.24) is 0 Å². The summed E-state index contributed by atoms with van der Waals surface area (Å²) >= 11 is 0. The molecule has 1 atom stereocenters. The number of esters is 2. The summed E-state index contributed by atoms with van der Waals surface area (Å²) in [7, 11) is 4.53. The number of methoxy groups -OCH3 is 3. The third-order valence-electron chi connectivity index (χ3n) is 6.11. The molecule has 1 N–H and O–H groups in total. The number of rotatable bonds is 15. The summed E-state index contributed by atoms with van der Waals surface area (Å²) in [5.74, 6) is -0.129. The van der Waals surface area contributed by atoms with Gasteiger partial charge in [0.15, 0.2) is 6.79 Å². The molecule has 0 aromatic heterocycles. The van der Waals surface area contributed by atoms with E-state index in [9.17, 15) is 9.59 Å². The first kappa shape index (κ1) is 29.4. The van der Waals surface area contributed by atoms with Crippen LogP contribution < -0.4 is 9.47 Å². The van der Waals surface area contributed by atoms with Gasteiger partial charge < -0.3 is 33.5 Å². The van der Waals surface area contributed by atoms with Crippen LogP contribution in [-0.4, -0.2) is 65.0 Å². The molecule has 1 aromatic rings. The molecule has 0 spiro atoms. The van der Waals surface area contributed by atoms with Crippen LogP contribution in [0.2, 0.25) is 0 Å². The number of hydrogen-bond acceptors (Lipinski definition) is 9. The molecule has 2 rings (SSSR count). The number of benzene rings is 1. The largest absolute Gasteiger partial charge is 0.496 e. The van der Waals surface area contributed by atoms with Crippen molar-refractivity contribution in [2.75, 3.05) is 47.9 Å². The molecule has 9 heteroatoms. The van der Waals surface area contributed by atoms with Gasteiger partial charge in [0.2, 0.25) is 0 Å². The van der Waals surface area contributed by atoms with E-state index in [2.05, 4.69) is 0 Å². The van der Waals surface area contributed by atoms with Crippen LogP contribution in [0, 0.1) is 12.8 Å². The van der Waals surface area contributed by atoms with Crippen molar-refractivity contribution in [2.24, 2.45) is 5.92 Å². The van der Waals surface area contributed by atoms with Crippen LogP contribution in [-0.2, 0) is 36.8 Å². The lowest BCUT2D eigenvalue weighted by Crippen LogP contribution is -2.17. The fourth-order valence-corrected chi connectivity index (χ4v) is 4.25. The van der Waals surface area contributed by atoms with Gasteiger partial charge in [0.05, 0.1) is 40.0 Å². The van der Waals surface area contributed by atoms with E-state index >= 15 is 0 Å². The predicted octanol–water partition coefficient (Wildman–Crippen LogP) is 3.67. The highest BCUT2D eigenvalue weighted by molar-refractivity contribution is 5.98. The second-order valence-corrected chi connectivity index (χ2v) is 8.67. The van der Waals surface area contributed by atoms with Gasteiger partial charge in [0, 0.05) is 18.2 Å². The average molecular weight is 507 g/mol. The third kappa shape index (κ3) is 7.56. The van der Waals surface area contributed by atoms with E-state index < -0.39 is 5.97 Å². The smallest absolute Gasteiger partial charge is 0.342 e. The van der Waals surface area contributed by atoms with Crippen LogP contribution in [0.1, 0.15) is 53.7 Å². The van der Waals surface area contributed by atoms with E-state index in [0.717, 1.165) is 22.3 Å². The van der Waals surface area contributed by atoms with Gasteiger partial charge in [0.1, 0.15) is 23.7 Å². The maximum absolute atomic E-state index is 12.6. The first-order valence-corrected chi connectivity index (χ1v) is 11.9. The Kier molecular flexibility index (Phi) is 11.9. The zero-order valence-corrected chi connectivity index (χ0v) is 22.1. The molecule has 9 nitrogen and oxygen atoms in total. The zero-order chi connectivity index (χ0) is 26.7. The van der Waals surface area contributed by atoms with Crippen LogP contribution in [0.4, 0.5) is 0 Å². The Hall–Kier alpha value is -2.88. The molecule has 0 radical (unpaired) electrons. The maximum atomic E-state index is 12.6. The summed E-state index contributed by atoms with van der Waals surface area (Å²) in [5.41, 5.74) is 4.54. The summed E-state index contributed by atoms with van der Waals surface area (Å²) in [4.78, 5) is 24.9. The number of carbonyl (C=O) groups is 2. The van der Waals surface area contributed by atoms with E-state index in [1.807, 2.05) is 26.8 Å². The first-order chi connectivity index (χ1) is 17.3. The van der Waals surface area contributed by atoms with Crippen LogP contribution in [0.15, 0.2) is 23.3 Å². The molecule has 1 aromatic carbocycles. The molecule has 0 saturated carbocycles. The van der Waals surface area contributed by atoms with Crippen LogP contribution in [0.25, 0.3) is 0 Å². The van der Waals surface area contributed by atoms with Gasteiger partial charge in [0.25, 0.3) is 0 Å². The Morgan fingerprint density at radius 3 is 2.39 bits per heavy atom. The number of aliphatic hydroxyl groups excluding tert-OH is 1. The number of ether oxygens (including phenoxy) is 6. The predicted molar refractivity (Wildman–Crippen MR) is 133 cm³/mol. The van der Waals surface area contributed by atoms with Crippen molar-refractivity contribution in [3.8, 4) is 11.5 Å². The standard InChI is InChI=1S/C27H38O9/c1-17(13-20(26(29)33-6)14-18(2)9-10-28)7-8-21-24(32-5)19(3)22-15-35-27(30)23(22)25(21)36-16-34-12-11-31-4/h7,9,20,28H,8,10-16H2,1-6H3/b17-7+,18-9+. The molecule has 1 aliphatic heterocycles. The van der Waals surface area contributed by atoms with E-state index in [4.69, 9.17) is 33.5 Å². The molecule has 0 saturated heterocycles. The molecular formula is C27H38O9. The minimum absolute atomic E-state index is 0.0636. The van der Waals surface area contributed by atoms with Gasteiger partial charge in [-0.1, -0.05) is 23.3 Å². The molecule has 36 heavy (non-hydrogen) atoms. The molecule has 0 fully saturated rings. The van der Waals surface area contributed by atoms with Gasteiger partial charge in [-0.25, -0.2) is 4.79 Å². The zero-order valence-electron chi connectivity index (χ0n) is 22.1. The van der Waals surface area contributed by atoms with Crippen molar-refractivity contribution in [3.05, 3.63) is 45.6 Å². The average Bonchev–Trinajstić information content (AvgIpc) is 3.24. The monoisotopic (exact) mass is 506 g/mol. The number of fused-ring (bicyclic) bond motifs is 1. The van der Waals surface area contributed by atoms with Crippen molar-refractivity contribution in [2.45, 2.75) is 46.6 Å². The summed E-state index contributed by atoms with van der Waals surface area (Å²) in [6.45, 7) is 6.49. The van der Waals surface area contributed by atoms with Gasteiger partial charge in [-0.15, -0.1) is 0 Å². The van der Waals surface area contributed by atoms with Crippen molar-refractivity contribution < 1.29 is 43.1 Å². The Morgan fingerprint density at radius 1 is 1.08 bits per heavy atom. The van der Waals surface area contributed by atoms with Crippen molar-refractivity contribution in [3.63, 3.8) is 0 Å². The van der Waals surface area contributed by atoms with Gasteiger partial charge >= 0.3 is 11.9 Å². The Labute approximate surface area is 213 Å². The summed E-state index contributed by atoms with van der Waals surface area (Å²) in [6.07, 6.45) is 5.05. The van der Waals surface area contributed by atoms with E-state index in [0.29, 0.717) is 55.1 Å². The number of carbonyl (C=O) groups excluding carboxylic acids is 2. The highest BCUT2D eigenvalue weighted by atomic mass is 16.7. The van der Waals surface area contributed by atoms with Crippen LogP contribution in [0.3, 0.4) is 0 Å². The topological polar surface area (TPSA) is 110 Å². The van der Waals surface area contributed by atoms with E-state index in [1.54, 1.807) is 20.3 Å². The molecular weight excluding hydrogens is 468 g/mol. The van der Waals surface area contributed by atoms with Gasteiger partial charge in [-0.2, -0.15) is 0 Å². The summed E-state index contributed by atoms with van der Waals surface area (Å²) in [6, 6.07) is 0. The molecule has 0 aliphatic carbocycles. The first-order valence-electron chi connectivity index (χ1n) is 11.9. The minimum Gasteiger partial charge on any atom is -0.496 e. The SMILES string of the molecule is COCCOCOc1c(C/C=C(\C)CC(C/C(C)=C/CO)C(=O)OC)c(OC)c(C)c2c1C(=O)OC2. The maximum Gasteiger partial charge on any atom is 0.342 e. The van der Waals surface area contributed by atoms with Gasteiger partial charge in [-0.3, -0.25) is 4.79 Å². The second-order valence-electron chi connectivity index (χ2n) is 8.67. The highest BCUT2D eigenvalue weighted by Gasteiger charge is 2.33. The molecule has 1 heterocycles. The number of aliphatic hydroxyl groups is 1. The minimum atomic E-state index is -0.443. The third-order valence-corrected chi connectivity index (χ3v) is 6.11. The summed E-state index contributed by atoms with van der Waals surface area (Å²) < 4.78 is 32.4. The van der Waals surface area contributed by atoms with Crippen molar-refractivity contribution in [1.29, 1.82) is 0 Å². The molecule has 1 unspecified atom stereocenters. The lowest BCUT2D eigenvalue weighted by atomic mass is 9.91. The Bertz CT molecular complexity index is 978. The second kappa shape index (κ2) is 14.6. The van der Waals surface area contributed by atoms with E-state index in [1.165, 1.54) is 7.11 Å². The molecule has 0 bridgehead atoms. The van der Waals surface area contributed by atoms with Gasteiger partial charge in [-0.05, 0) is 45.6 Å². The quantitative estimate of drug-likeness (QED) is 0.165. The molecule has 1 aliphatic rings. The fraction of sp³-hybridized carbons (Fsp3) is 0.556. The van der Waals surface area contributed by atoms with E-state index in [-0.39, 0.29) is 31.9 Å².